The molecule has 19 heavy (non-hydrogen) atoms. The topological polar surface area (TPSA) is 29.5 Å². The molecule has 0 aliphatic heterocycles. The SMILES string of the molecule is OCCC#Cc1ccc(COCCC(F)(F)F)cc1. The summed E-state index contributed by atoms with van der Waals surface area (Å²) in [7, 11) is 0. The van der Waals surface area contributed by atoms with Gasteiger partial charge in [0.1, 0.15) is 0 Å². The van der Waals surface area contributed by atoms with E-state index in [4.69, 9.17) is 9.84 Å². The van der Waals surface area contributed by atoms with Gasteiger partial charge < -0.3 is 9.84 Å². The molecule has 0 heterocycles. The van der Waals surface area contributed by atoms with Crippen molar-refractivity contribution in [1.29, 1.82) is 0 Å². The van der Waals surface area contributed by atoms with Gasteiger partial charge in [0.25, 0.3) is 0 Å². The quantitative estimate of drug-likeness (QED) is 0.659. The summed E-state index contributed by atoms with van der Waals surface area (Å²) in [6, 6.07) is 7.06. The Morgan fingerprint density at radius 1 is 1.16 bits per heavy atom. The van der Waals surface area contributed by atoms with Crippen molar-refractivity contribution in [2.45, 2.75) is 25.6 Å². The maximum atomic E-state index is 11.9. The van der Waals surface area contributed by atoms with Crippen molar-refractivity contribution in [3.05, 3.63) is 35.4 Å². The van der Waals surface area contributed by atoms with Crippen molar-refractivity contribution in [1.82, 2.24) is 0 Å². The van der Waals surface area contributed by atoms with Crippen LogP contribution in [-0.2, 0) is 11.3 Å². The lowest BCUT2D eigenvalue weighted by molar-refractivity contribution is -0.146. The molecule has 0 saturated carbocycles. The maximum absolute atomic E-state index is 11.9. The van der Waals surface area contributed by atoms with Gasteiger partial charge in [-0.05, 0) is 17.7 Å². The van der Waals surface area contributed by atoms with Crippen LogP contribution < -0.4 is 0 Å². The molecular weight excluding hydrogens is 257 g/mol. The molecule has 0 spiro atoms. The molecule has 1 N–H and O–H groups in total. The highest BCUT2D eigenvalue weighted by Crippen LogP contribution is 2.19. The van der Waals surface area contributed by atoms with E-state index in [-0.39, 0.29) is 19.8 Å². The second-order valence-corrected chi connectivity index (χ2v) is 3.89. The Bertz CT molecular complexity index is 427. The van der Waals surface area contributed by atoms with Crippen LogP contribution >= 0.6 is 0 Å². The summed E-state index contributed by atoms with van der Waals surface area (Å²) in [5, 5.41) is 8.57. The second kappa shape index (κ2) is 7.82. The fourth-order valence-corrected chi connectivity index (χ4v) is 1.28. The Balaban J connectivity index is 2.35. The van der Waals surface area contributed by atoms with Crippen LogP contribution in [0.4, 0.5) is 13.2 Å². The second-order valence-electron chi connectivity index (χ2n) is 3.89. The molecule has 0 amide bonds. The summed E-state index contributed by atoms with van der Waals surface area (Å²) in [4.78, 5) is 0. The predicted molar refractivity (Wildman–Crippen MR) is 65.4 cm³/mol. The van der Waals surface area contributed by atoms with E-state index in [1.807, 2.05) is 0 Å². The number of alkyl halides is 3. The van der Waals surface area contributed by atoms with Crippen molar-refractivity contribution in [3.8, 4) is 11.8 Å². The third-order valence-corrected chi connectivity index (χ3v) is 2.22. The molecule has 1 aromatic carbocycles. The Morgan fingerprint density at radius 3 is 2.42 bits per heavy atom. The van der Waals surface area contributed by atoms with Gasteiger partial charge in [0.05, 0.1) is 26.2 Å². The monoisotopic (exact) mass is 272 g/mol. The average Bonchev–Trinajstić information content (AvgIpc) is 2.36. The molecule has 0 aliphatic rings. The molecule has 5 heteroatoms. The minimum absolute atomic E-state index is 0.0259. The lowest BCUT2D eigenvalue weighted by Gasteiger charge is -2.07. The van der Waals surface area contributed by atoms with Crippen LogP contribution in [0, 0.1) is 11.8 Å². The van der Waals surface area contributed by atoms with E-state index in [0.29, 0.717) is 6.42 Å². The number of aliphatic hydroxyl groups excluding tert-OH is 1. The predicted octanol–water partition coefficient (Wildman–Crippen LogP) is 2.89. The minimum atomic E-state index is -4.17. The molecule has 104 valence electrons. The minimum Gasteiger partial charge on any atom is -0.395 e. The summed E-state index contributed by atoms with van der Waals surface area (Å²) >= 11 is 0. The van der Waals surface area contributed by atoms with Crippen LogP contribution in [0.1, 0.15) is 24.0 Å². The Kier molecular flexibility index (Phi) is 6.40. The molecule has 0 bridgehead atoms. The van der Waals surface area contributed by atoms with Crippen molar-refractivity contribution in [2.75, 3.05) is 13.2 Å². The third-order valence-electron chi connectivity index (χ3n) is 2.22. The molecule has 1 rings (SSSR count). The summed E-state index contributed by atoms with van der Waals surface area (Å²) in [6.07, 6.45) is -4.69. The zero-order valence-electron chi connectivity index (χ0n) is 10.3. The number of rotatable bonds is 5. The molecule has 0 radical (unpaired) electrons. The Hall–Kier alpha value is -1.51. The van der Waals surface area contributed by atoms with E-state index in [0.717, 1.165) is 11.1 Å². The number of benzene rings is 1. The van der Waals surface area contributed by atoms with E-state index in [1.54, 1.807) is 24.3 Å². The van der Waals surface area contributed by atoms with Crippen LogP contribution in [0.2, 0.25) is 0 Å². The number of hydrogen-bond acceptors (Lipinski definition) is 2. The van der Waals surface area contributed by atoms with Gasteiger partial charge in [0, 0.05) is 12.0 Å². The van der Waals surface area contributed by atoms with E-state index in [9.17, 15) is 13.2 Å². The zero-order valence-corrected chi connectivity index (χ0v) is 10.3. The van der Waals surface area contributed by atoms with Gasteiger partial charge in [-0.25, -0.2) is 0 Å². The molecule has 0 unspecified atom stereocenters. The van der Waals surface area contributed by atoms with Crippen molar-refractivity contribution in [2.24, 2.45) is 0 Å². The van der Waals surface area contributed by atoms with Gasteiger partial charge in [-0.15, -0.1) is 0 Å². The van der Waals surface area contributed by atoms with E-state index >= 15 is 0 Å². The summed E-state index contributed by atoms with van der Waals surface area (Å²) in [5.41, 5.74) is 1.60. The lowest BCUT2D eigenvalue weighted by Crippen LogP contribution is -2.11. The van der Waals surface area contributed by atoms with Gasteiger partial charge in [-0.3, -0.25) is 0 Å². The standard InChI is InChI=1S/C14H15F3O2/c15-14(16,17)8-10-19-11-13-6-4-12(5-7-13)3-1-2-9-18/h4-7,18H,2,8-11H2. The maximum Gasteiger partial charge on any atom is 0.391 e. The van der Waals surface area contributed by atoms with Crippen LogP contribution in [0.25, 0.3) is 0 Å². The average molecular weight is 272 g/mol. The molecule has 0 saturated heterocycles. The molecule has 0 aromatic heterocycles. The van der Waals surface area contributed by atoms with E-state index < -0.39 is 12.6 Å². The Morgan fingerprint density at radius 2 is 1.84 bits per heavy atom. The van der Waals surface area contributed by atoms with E-state index in [1.165, 1.54) is 0 Å². The zero-order chi connectivity index (χ0) is 14.1. The van der Waals surface area contributed by atoms with Gasteiger partial charge in [0.2, 0.25) is 0 Å². The first-order valence-corrected chi connectivity index (χ1v) is 5.84. The van der Waals surface area contributed by atoms with Gasteiger partial charge in [0.15, 0.2) is 0 Å². The number of hydrogen-bond donors (Lipinski definition) is 1. The number of ether oxygens (including phenoxy) is 1. The molecule has 0 aliphatic carbocycles. The van der Waals surface area contributed by atoms with E-state index in [2.05, 4.69) is 11.8 Å². The normalized spacial score (nSPS) is 10.9. The van der Waals surface area contributed by atoms with Crippen LogP contribution in [0.3, 0.4) is 0 Å². The highest BCUT2D eigenvalue weighted by molar-refractivity contribution is 5.35. The van der Waals surface area contributed by atoms with Gasteiger partial charge in [-0.2, -0.15) is 13.2 Å². The van der Waals surface area contributed by atoms with Gasteiger partial charge in [-0.1, -0.05) is 24.0 Å². The van der Waals surface area contributed by atoms with Gasteiger partial charge >= 0.3 is 6.18 Å². The van der Waals surface area contributed by atoms with Crippen molar-refractivity contribution in [3.63, 3.8) is 0 Å². The molecule has 2 nitrogen and oxygen atoms in total. The lowest BCUT2D eigenvalue weighted by atomic mass is 10.1. The number of aliphatic hydroxyl groups is 1. The smallest absolute Gasteiger partial charge is 0.391 e. The summed E-state index contributed by atoms with van der Waals surface area (Å²) in [5.74, 6) is 5.64. The molecule has 0 fully saturated rings. The van der Waals surface area contributed by atoms with Crippen molar-refractivity contribution >= 4 is 0 Å². The third kappa shape index (κ3) is 7.50. The fourth-order valence-electron chi connectivity index (χ4n) is 1.28. The largest absolute Gasteiger partial charge is 0.395 e. The summed E-state index contributed by atoms with van der Waals surface area (Å²) in [6.45, 7) is -0.153. The summed E-state index contributed by atoms with van der Waals surface area (Å²) < 4.78 is 40.6. The van der Waals surface area contributed by atoms with Crippen LogP contribution in [0.15, 0.2) is 24.3 Å². The van der Waals surface area contributed by atoms with Crippen LogP contribution in [0.5, 0.6) is 0 Å². The number of halogens is 3. The molecule has 1 aromatic rings. The first-order chi connectivity index (χ1) is 9.01. The highest BCUT2D eigenvalue weighted by atomic mass is 19.4. The highest BCUT2D eigenvalue weighted by Gasteiger charge is 2.26. The fraction of sp³-hybridized carbons (Fsp3) is 0.429. The molecule has 0 atom stereocenters. The van der Waals surface area contributed by atoms with Crippen molar-refractivity contribution < 1.29 is 23.0 Å². The Labute approximate surface area is 110 Å². The van der Waals surface area contributed by atoms with Crippen LogP contribution in [-0.4, -0.2) is 24.5 Å². The molecular formula is C14H15F3O2. The first kappa shape index (κ1) is 15.5. The first-order valence-electron chi connectivity index (χ1n) is 5.84.